The van der Waals surface area contributed by atoms with Crippen LogP contribution >= 0.6 is 0 Å². The molecule has 2 aromatic carbocycles. The summed E-state index contributed by atoms with van der Waals surface area (Å²) in [7, 11) is 0. The lowest BCUT2D eigenvalue weighted by atomic mass is 9.73. The lowest BCUT2D eigenvalue weighted by molar-refractivity contribution is -0.119. The fraction of sp³-hybridized carbons (Fsp3) is 0.118. The highest BCUT2D eigenvalue weighted by molar-refractivity contribution is 6.48. The molecule has 4 nitrogen and oxygen atoms in total. The first kappa shape index (κ1) is 11.9. The Balaban J connectivity index is 2.07. The molecule has 0 N–H and O–H groups in total. The van der Waals surface area contributed by atoms with Crippen molar-refractivity contribution < 1.29 is 14.4 Å². The smallest absolute Gasteiger partial charge is 0.361 e. The largest absolute Gasteiger partial charge is 0.365 e. The minimum absolute atomic E-state index is 0.0339. The van der Waals surface area contributed by atoms with Crippen molar-refractivity contribution in [1.82, 2.24) is 0 Å². The zero-order chi connectivity index (χ0) is 14.6. The molecule has 0 heterocycles. The lowest BCUT2D eigenvalue weighted by Gasteiger charge is -2.23. The van der Waals surface area contributed by atoms with Gasteiger partial charge in [0.2, 0.25) is 0 Å². The molecule has 0 fully saturated rings. The van der Waals surface area contributed by atoms with Gasteiger partial charge in [0, 0.05) is 5.56 Å². The van der Waals surface area contributed by atoms with Gasteiger partial charge in [-0.1, -0.05) is 42.5 Å². The second-order valence-electron chi connectivity index (χ2n) is 5.31. The van der Waals surface area contributed by atoms with Crippen molar-refractivity contribution in [3.63, 3.8) is 0 Å². The summed E-state index contributed by atoms with van der Waals surface area (Å²) >= 11 is 0. The van der Waals surface area contributed by atoms with E-state index in [9.17, 15) is 15.1 Å². The fourth-order valence-electron chi connectivity index (χ4n) is 3.47. The highest BCUT2D eigenvalue weighted by Gasteiger charge is 2.52. The monoisotopic (exact) mass is 274 g/mol. The predicted molar refractivity (Wildman–Crippen MR) is 75.4 cm³/mol. The van der Waals surface area contributed by atoms with Crippen LogP contribution in [0.15, 0.2) is 48.5 Å². The number of hydrogen-bond donors (Lipinski definition) is 0. The van der Waals surface area contributed by atoms with Crippen molar-refractivity contribution in [2.45, 2.75) is 11.8 Å². The molecule has 0 saturated carbocycles. The van der Waals surface area contributed by atoms with Crippen LogP contribution in [0.2, 0.25) is 0 Å². The first-order valence-electron chi connectivity index (χ1n) is 6.72. The van der Waals surface area contributed by atoms with E-state index < -0.39 is 11.8 Å². The third-order valence-electron chi connectivity index (χ3n) is 4.34. The topological polar surface area (TPSA) is 70.5 Å². The SMILES string of the molecule is [N-]=[N+]=C1C(=O)C2c3ccccc3C(=O)C2c2ccccc21. The van der Waals surface area contributed by atoms with Crippen LogP contribution in [-0.2, 0) is 4.79 Å². The Morgan fingerprint density at radius 3 is 1.95 bits per heavy atom. The molecule has 2 unspecified atom stereocenters. The van der Waals surface area contributed by atoms with Crippen molar-refractivity contribution in [2.75, 3.05) is 0 Å². The number of ketones is 2. The van der Waals surface area contributed by atoms with E-state index in [2.05, 4.69) is 4.79 Å². The molecule has 0 radical (unpaired) electrons. The molecular weight excluding hydrogens is 264 g/mol. The minimum atomic E-state index is -0.575. The Hall–Kier alpha value is -2.84. The molecule has 0 aromatic heterocycles. The number of fused-ring (bicyclic) bond motifs is 5. The van der Waals surface area contributed by atoms with Gasteiger partial charge in [-0.3, -0.25) is 9.59 Å². The van der Waals surface area contributed by atoms with Crippen molar-refractivity contribution in [3.05, 3.63) is 76.3 Å². The first-order chi connectivity index (χ1) is 10.2. The molecule has 0 amide bonds. The van der Waals surface area contributed by atoms with Crippen molar-refractivity contribution in [3.8, 4) is 0 Å². The van der Waals surface area contributed by atoms with Gasteiger partial charge in [-0.05, 0) is 17.2 Å². The first-order valence-corrected chi connectivity index (χ1v) is 6.72. The zero-order valence-corrected chi connectivity index (χ0v) is 11.0. The molecule has 0 spiro atoms. The number of Topliss-reactive ketones (excluding diaryl/α,β-unsaturated/α-hetero) is 2. The molecule has 21 heavy (non-hydrogen) atoms. The highest BCUT2D eigenvalue weighted by Crippen LogP contribution is 2.48. The van der Waals surface area contributed by atoms with E-state index in [0.717, 1.165) is 11.1 Å². The van der Waals surface area contributed by atoms with Crippen LogP contribution in [0, 0.1) is 0 Å². The van der Waals surface area contributed by atoms with Crippen LogP contribution < -0.4 is 0 Å². The van der Waals surface area contributed by atoms with Gasteiger partial charge in [0.05, 0.1) is 17.4 Å². The van der Waals surface area contributed by atoms with Crippen LogP contribution in [0.25, 0.3) is 5.53 Å². The maximum Gasteiger partial charge on any atom is 0.365 e. The number of rotatable bonds is 0. The zero-order valence-electron chi connectivity index (χ0n) is 11.0. The molecule has 4 heteroatoms. The van der Waals surface area contributed by atoms with E-state index in [1.807, 2.05) is 18.2 Å². The molecule has 2 aliphatic carbocycles. The predicted octanol–water partition coefficient (Wildman–Crippen LogP) is 2.35. The fourth-order valence-corrected chi connectivity index (χ4v) is 3.47. The summed E-state index contributed by atoms with van der Waals surface area (Å²) in [4.78, 5) is 28.5. The summed E-state index contributed by atoms with van der Waals surface area (Å²) in [6, 6.07) is 14.3. The second-order valence-corrected chi connectivity index (χ2v) is 5.31. The third-order valence-corrected chi connectivity index (χ3v) is 4.34. The van der Waals surface area contributed by atoms with E-state index >= 15 is 0 Å². The second kappa shape index (κ2) is 4.08. The van der Waals surface area contributed by atoms with Crippen molar-refractivity contribution >= 4 is 17.3 Å². The van der Waals surface area contributed by atoms with Gasteiger partial charge in [-0.2, -0.15) is 4.79 Å². The summed E-state index contributed by atoms with van der Waals surface area (Å²) in [6.45, 7) is 0. The summed E-state index contributed by atoms with van der Waals surface area (Å²) in [5.41, 5.74) is 11.9. The molecule has 0 aliphatic heterocycles. The number of hydrogen-bond acceptors (Lipinski definition) is 2. The Morgan fingerprint density at radius 1 is 0.762 bits per heavy atom. The number of carbonyl (C=O) groups is 2. The van der Waals surface area contributed by atoms with Gasteiger partial charge < -0.3 is 5.53 Å². The highest BCUT2D eigenvalue weighted by atomic mass is 16.1. The normalized spacial score (nSPS) is 22.4. The Morgan fingerprint density at radius 2 is 1.29 bits per heavy atom. The van der Waals surface area contributed by atoms with Gasteiger partial charge in [-0.15, -0.1) is 0 Å². The summed E-state index contributed by atoms with van der Waals surface area (Å²) in [6.07, 6.45) is 0. The molecule has 4 rings (SSSR count). The van der Waals surface area contributed by atoms with E-state index in [1.165, 1.54) is 0 Å². The molecule has 2 atom stereocenters. The van der Waals surface area contributed by atoms with Crippen LogP contribution in [-0.4, -0.2) is 22.1 Å². The molecule has 2 aromatic rings. The number of benzene rings is 2. The van der Waals surface area contributed by atoms with Gasteiger partial charge in [0.25, 0.3) is 5.78 Å². The molecule has 2 aliphatic rings. The number of carbonyl (C=O) groups excluding carboxylic acids is 2. The van der Waals surface area contributed by atoms with E-state index in [0.29, 0.717) is 11.1 Å². The van der Waals surface area contributed by atoms with E-state index in [-0.39, 0.29) is 17.3 Å². The minimum Gasteiger partial charge on any atom is -0.361 e. The molecule has 0 saturated heterocycles. The van der Waals surface area contributed by atoms with Crippen LogP contribution in [0.3, 0.4) is 0 Å². The number of nitrogens with zero attached hydrogens (tertiary/aromatic N) is 2. The van der Waals surface area contributed by atoms with Gasteiger partial charge in [-0.25, -0.2) is 0 Å². The average Bonchev–Trinajstić information content (AvgIpc) is 2.82. The van der Waals surface area contributed by atoms with Crippen molar-refractivity contribution in [2.24, 2.45) is 0 Å². The average molecular weight is 274 g/mol. The molecule has 100 valence electrons. The van der Waals surface area contributed by atoms with Gasteiger partial charge in [0.1, 0.15) is 0 Å². The third kappa shape index (κ3) is 1.40. The van der Waals surface area contributed by atoms with Crippen LogP contribution in [0.4, 0.5) is 0 Å². The summed E-state index contributed by atoms with van der Waals surface area (Å²) in [5.74, 6) is -1.40. The quantitative estimate of drug-likeness (QED) is 0.546. The standard InChI is InChI=1S/C17H10N2O2/c18-19-15-11-7-3-1-5-9(11)13-14(17(15)21)10-6-2-4-8-12(10)16(13)20/h1-8,13-14H. The van der Waals surface area contributed by atoms with Gasteiger partial charge >= 0.3 is 5.71 Å². The Kier molecular flexibility index (Phi) is 2.32. The van der Waals surface area contributed by atoms with E-state index in [4.69, 9.17) is 0 Å². The summed E-state index contributed by atoms with van der Waals surface area (Å²) < 4.78 is 0. The molecule has 0 bridgehead atoms. The van der Waals surface area contributed by atoms with Crippen LogP contribution in [0.1, 0.15) is 38.9 Å². The molecular formula is C17H10N2O2. The Labute approximate surface area is 120 Å². The maximum atomic E-state index is 12.7. The maximum absolute atomic E-state index is 12.7. The lowest BCUT2D eigenvalue weighted by Crippen LogP contribution is -2.34. The van der Waals surface area contributed by atoms with Crippen molar-refractivity contribution in [1.29, 1.82) is 0 Å². The van der Waals surface area contributed by atoms with E-state index in [1.54, 1.807) is 30.3 Å². The van der Waals surface area contributed by atoms with Crippen LogP contribution in [0.5, 0.6) is 0 Å². The Bertz CT molecular complexity index is 863. The summed E-state index contributed by atoms with van der Waals surface area (Å²) in [5, 5.41) is 0. The van der Waals surface area contributed by atoms with Gasteiger partial charge in [0.15, 0.2) is 5.78 Å².